The van der Waals surface area contributed by atoms with Crippen LogP contribution in [0.2, 0.25) is 0 Å². The van der Waals surface area contributed by atoms with Crippen LogP contribution in [0.4, 0.5) is 11.4 Å². The van der Waals surface area contributed by atoms with Crippen molar-refractivity contribution < 1.29 is 0 Å². The summed E-state index contributed by atoms with van der Waals surface area (Å²) in [4.78, 5) is 7.20. The number of rotatable bonds is 5. The van der Waals surface area contributed by atoms with Crippen molar-refractivity contribution in [3.63, 3.8) is 0 Å². The Morgan fingerprint density at radius 1 is 0.771 bits per heavy atom. The maximum Gasteiger partial charge on any atom is 0.0726 e. The molecule has 0 aliphatic carbocycles. The molecule has 4 aromatic carbocycles. The Morgan fingerprint density at radius 3 is 2.46 bits per heavy atom. The van der Waals surface area contributed by atoms with Gasteiger partial charge in [0.15, 0.2) is 0 Å². The SMILES string of the molecule is Cc1cc(Nc2ccc(-c3cccc(CN4CCc5ccccc5C4)c3)cc2)c2ccccc2n1. The highest BCUT2D eigenvalue weighted by Gasteiger charge is 2.16. The van der Waals surface area contributed by atoms with E-state index in [0.29, 0.717) is 0 Å². The summed E-state index contributed by atoms with van der Waals surface area (Å²) < 4.78 is 0. The second kappa shape index (κ2) is 9.36. The van der Waals surface area contributed by atoms with Gasteiger partial charge >= 0.3 is 0 Å². The first-order chi connectivity index (χ1) is 17.2. The van der Waals surface area contributed by atoms with E-state index >= 15 is 0 Å². The van der Waals surface area contributed by atoms with Crippen LogP contribution in [0.25, 0.3) is 22.0 Å². The standard InChI is InChI=1S/C32H29N3/c1-23-19-32(30-11-4-5-12-31(30)33-23)34-29-15-13-26(14-16-29)27-10-6-7-24(20-27)21-35-18-17-25-8-2-3-9-28(25)22-35/h2-16,19-20H,17-18,21-22H2,1H3,(H,33,34). The molecule has 0 amide bonds. The summed E-state index contributed by atoms with van der Waals surface area (Å²) in [6.07, 6.45) is 1.14. The highest BCUT2D eigenvalue weighted by molar-refractivity contribution is 5.93. The third-order valence-corrected chi connectivity index (χ3v) is 6.88. The van der Waals surface area contributed by atoms with Crippen LogP contribution in [0.3, 0.4) is 0 Å². The average Bonchev–Trinajstić information content (AvgIpc) is 2.89. The van der Waals surface area contributed by atoms with Crippen molar-refractivity contribution in [2.75, 3.05) is 11.9 Å². The Labute approximate surface area is 207 Å². The Hall–Kier alpha value is -3.95. The molecular formula is C32H29N3. The fourth-order valence-electron chi connectivity index (χ4n) is 5.11. The topological polar surface area (TPSA) is 28.2 Å². The number of benzene rings is 4. The quantitative estimate of drug-likeness (QED) is 0.297. The van der Waals surface area contributed by atoms with Gasteiger partial charge in [0.1, 0.15) is 0 Å². The molecule has 0 unspecified atom stereocenters. The Morgan fingerprint density at radius 2 is 1.57 bits per heavy atom. The summed E-state index contributed by atoms with van der Waals surface area (Å²) in [5.41, 5.74) is 11.0. The lowest BCUT2D eigenvalue weighted by molar-refractivity contribution is 0.245. The number of nitrogens with one attached hydrogen (secondary N) is 1. The summed E-state index contributed by atoms with van der Waals surface area (Å²) in [6, 6.07) is 36.9. The maximum absolute atomic E-state index is 4.65. The number of fused-ring (bicyclic) bond motifs is 2. The number of pyridine rings is 1. The molecule has 1 aliphatic heterocycles. The second-order valence-electron chi connectivity index (χ2n) is 9.46. The molecular weight excluding hydrogens is 426 g/mol. The fraction of sp³-hybridized carbons (Fsp3) is 0.156. The van der Waals surface area contributed by atoms with Crippen LogP contribution in [0.5, 0.6) is 0 Å². The second-order valence-corrected chi connectivity index (χ2v) is 9.46. The normalized spacial score (nSPS) is 13.5. The largest absolute Gasteiger partial charge is 0.355 e. The number of aromatic nitrogens is 1. The van der Waals surface area contributed by atoms with E-state index in [1.807, 2.05) is 13.0 Å². The highest BCUT2D eigenvalue weighted by Crippen LogP contribution is 2.29. The van der Waals surface area contributed by atoms with Crippen molar-refractivity contribution in [1.82, 2.24) is 9.88 Å². The predicted octanol–water partition coefficient (Wildman–Crippen LogP) is 7.51. The first-order valence-electron chi connectivity index (χ1n) is 12.3. The molecule has 0 atom stereocenters. The van der Waals surface area contributed by atoms with Gasteiger partial charge in [-0.25, -0.2) is 0 Å². The van der Waals surface area contributed by atoms with Gasteiger partial charge in [0.2, 0.25) is 0 Å². The molecule has 0 saturated heterocycles. The van der Waals surface area contributed by atoms with Gasteiger partial charge in [-0.1, -0.05) is 72.8 Å². The molecule has 2 heterocycles. The van der Waals surface area contributed by atoms with Crippen LogP contribution in [-0.4, -0.2) is 16.4 Å². The Balaban J connectivity index is 1.18. The summed E-state index contributed by atoms with van der Waals surface area (Å²) >= 11 is 0. The third kappa shape index (κ3) is 4.68. The Bertz CT molecular complexity index is 1490. The number of hydrogen-bond donors (Lipinski definition) is 1. The van der Waals surface area contributed by atoms with E-state index in [4.69, 9.17) is 0 Å². The van der Waals surface area contributed by atoms with E-state index in [1.165, 1.54) is 27.8 Å². The first kappa shape index (κ1) is 21.6. The van der Waals surface area contributed by atoms with E-state index < -0.39 is 0 Å². The van der Waals surface area contributed by atoms with Gasteiger partial charge in [-0.3, -0.25) is 9.88 Å². The van der Waals surface area contributed by atoms with E-state index in [2.05, 4.69) is 112 Å². The zero-order valence-electron chi connectivity index (χ0n) is 20.0. The van der Waals surface area contributed by atoms with Crippen LogP contribution >= 0.6 is 0 Å². The highest BCUT2D eigenvalue weighted by atomic mass is 15.1. The third-order valence-electron chi connectivity index (χ3n) is 6.88. The monoisotopic (exact) mass is 455 g/mol. The molecule has 3 nitrogen and oxygen atoms in total. The number of nitrogens with zero attached hydrogens (tertiary/aromatic N) is 2. The van der Waals surface area contributed by atoms with Crippen molar-refractivity contribution in [3.8, 4) is 11.1 Å². The molecule has 0 bridgehead atoms. The zero-order valence-corrected chi connectivity index (χ0v) is 20.0. The number of para-hydroxylation sites is 1. The molecule has 6 rings (SSSR count). The molecule has 35 heavy (non-hydrogen) atoms. The van der Waals surface area contributed by atoms with Crippen LogP contribution in [0, 0.1) is 6.92 Å². The van der Waals surface area contributed by atoms with Gasteiger partial charge < -0.3 is 5.32 Å². The van der Waals surface area contributed by atoms with Crippen molar-refractivity contribution in [3.05, 3.63) is 126 Å². The lowest BCUT2D eigenvalue weighted by Crippen LogP contribution is -2.29. The summed E-state index contributed by atoms with van der Waals surface area (Å²) in [7, 11) is 0. The lowest BCUT2D eigenvalue weighted by Gasteiger charge is -2.28. The van der Waals surface area contributed by atoms with Gasteiger partial charge in [0.25, 0.3) is 0 Å². The average molecular weight is 456 g/mol. The van der Waals surface area contributed by atoms with E-state index in [0.717, 1.165) is 54.0 Å². The Kier molecular flexibility index (Phi) is 5.77. The molecule has 0 spiro atoms. The van der Waals surface area contributed by atoms with Crippen molar-refractivity contribution in [2.24, 2.45) is 0 Å². The smallest absolute Gasteiger partial charge is 0.0726 e. The van der Waals surface area contributed by atoms with Gasteiger partial charge in [-0.2, -0.15) is 0 Å². The van der Waals surface area contributed by atoms with Crippen LogP contribution in [0.1, 0.15) is 22.4 Å². The minimum Gasteiger partial charge on any atom is -0.355 e. The minimum absolute atomic E-state index is 0.982. The van der Waals surface area contributed by atoms with E-state index in [-0.39, 0.29) is 0 Å². The molecule has 1 N–H and O–H groups in total. The fourth-order valence-corrected chi connectivity index (χ4v) is 5.11. The van der Waals surface area contributed by atoms with Crippen molar-refractivity contribution in [2.45, 2.75) is 26.4 Å². The van der Waals surface area contributed by atoms with Gasteiger partial charge in [0, 0.05) is 42.1 Å². The van der Waals surface area contributed by atoms with E-state index in [9.17, 15) is 0 Å². The molecule has 0 radical (unpaired) electrons. The molecule has 5 aromatic rings. The number of aryl methyl sites for hydroxylation is 1. The van der Waals surface area contributed by atoms with Crippen molar-refractivity contribution >= 4 is 22.3 Å². The maximum atomic E-state index is 4.65. The first-order valence-corrected chi connectivity index (χ1v) is 12.3. The number of anilines is 2. The molecule has 172 valence electrons. The number of hydrogen-bond acceptors (Lipinski definition) is 3. The molecule has 3 heteroatoms. The summed E-state index contributed by atoms with van der Waals surface area (Å²) in [5.74, 6) is 0. The van der Waals surface area contributed by atoms with Crippen LogP contribution in [-0.2, 0) is 19.5 Å². The van der Waals surface area contributed by atoms with E-state index in [1.54, 1.807) is 0 Å². The lowest BCUT2D eigenvalue weighted by atomic mass is 9.98. The zero-order chi connectivity index (χ0) is 23.6. The summed E-state index contributed by atoms with van der Waals surface area (Å²) in [6.45, 7) is 5.17. The summed E-state index contributed by atoms with van der Waals surface area (Å²) in [5, 5.41) is 4.73. The molecule has 1 aromatic heterocycles. The molecule has 0 saturated carbocycles. The minimum atomic E-state index is 0.982. The molecule has 0 fully saturated rings. The van der Waals surface area contributed by atoms with Gasteiger partial charge in [-0.15, -0.1) is 0 Å². The molecule has 1 aliphatic rings. The van der Waals surface area contributed by atoms with Crippen LogP contribution in [0.15, 0.2) is 103 Å². The predicted molar refractivity (Wildman–Crippen MR) is 146 cm³/mol. The van der Waals surface area contributed by atoms with Gasteiger partial charge in [-0.05, 0) is 71.5 Å². The van der Waals surface area contributed by atoms with Crippen molar-refractivity contribution in [1.29, 1.82) is 0 Å². The van der Waals surface area contributed by atoms with Crippen LogP contribution < -0.4 is 5.32 Å². The van der Waals surface area contributed by atoms with Gasteiger partial charge in [0.05, 0.1) is 5.52 Å².